The summed E-state index contributed by atoms with van der Waals surface area (Å²) in [5, 5.41) is 12.8. The van der Waals surface area contributed by atoms with E-state index in [0.29, 0.717) is 12.6 Å². The second-order valence-corrected chi connectivity index (χ2v) is 7.93. The highest BCUT2D eigenvalue weighted by atomic mass is 16.5. The van der Waals surface area contributed by atoms with Crippen LogP contribution in [-0.2, 0) is 9.53 Å². The van der Waals surface area contributed by atoms with Crippen LogP contribution in [-0.4, -0.2) is 58.9 Å². The number of anilines is 2. The van der Waals surface area contributed by atoms with Gasteiger partial charge in [-0.1, -0.05) is 26.0 Å². The second-order valence-electron chi connectivity index (χ2n) is 7.93. The van der Waals surface area contributed by atoms with Crippen molar-refractivity contribution < 1.29 is 19.4 Å². The monoisotopic (exact) mass is 442 g/mol. The number of morpholine rings is 1. The van der Waals surface area contributed by atoms with Gasteiger partial charge in [-0.15, -0.1) is 0 Å². The van der Waals surface area contributed by atoms with Crippen molar-refractivity contribution in [3.05, 3.63) is 41.7 Å². The molecule has 0 saturated carbocycles. The summed E-state index contributed by atoms with van der Waals surface area (Å²) in [6, 6.07) is 6.89. The van der Waals surface area contributed by atoms with Gasteiger partial charge in [-0.2, -0.15) is 0 Å². The lowest BCUT2D eigenvalue weighted by atomic mass is 9.90. The van der Waals surface area contributed by atoms with Crippen molar-refractivity contribution in [2.45, 2.75) is 52.0 Å². The van der Waals surface area contributed by atoms with Crippen LogP contribution in [0, 0.1) is 0 Å². The summed E-state index contributed by atoms with van der Waals surface area (Å²) in [6.45, 7) is 9.88. The number of ether oxygens (including phenoxy) is 2. The number of aliphatic carboxylic acids is 1. The van der Waals surface area contributed by atoms with E-state index in [-0.39, 0.29) is 18.4 Å². The molecule has 8 heteroatoms. The lowest BCUT2D eigenvalue weighted by molar-refractivity contribution is -0.137. The molecule has 174 valence electrons. The van der Waals surface area contributed by atoms with Crippen molar-refractivity contribution in [2.75, 3.05) is 38.2 Å². The molecule has 32 heavy (non-hydrogen) atoms. The van der Waals surface area contributed by atoms with E-state index >= 15 is 0 Å². The SMILES string of the molecule is CCOc1ncc(Nc2cc(C(CC)CC(=O)O)ccc2[C@@H](CC)N2CCOCC2)cn1. The summed E-state index contributed by atoms with van der Waals surface area (Å²) in [6.07, 6.45) is 5.25. The normalized spacial score (nSPS) is 16.3. The summed E-state index contributed by atoms with van der Waals surface area (Å²) in [5.41, 5.74) is 3.91. The third-order valence-electron chi connectivity index (χ3n) is 5.88. The highest BCUT2D eigenvalue weighted by Crippen LogP contribution is 2.36. The van der Waals surface area contributed by atoms with Crippen LogP contribution in [0.15, 0.2) is 30.6 Å². The van der Waals surface area contributed by atoms with Crippen molar-refractivity contribution in [3.8, 4) is 6.01 Å². The fraction of sp³-hybridized carbons (Fsp3) is 0.542. The highest BCUT2D eigenvalue weighted by molar-refractivity contribution is 5.69. The molecular formula is C24H34N4O4. The van der Waals surface area contributed by atoms with Crippen LogP contribution in [0.25, 0.3) is 0 Å². The van der Waals surface area contributed by atoms with Gasteiger partial charge < -0.3 is 19.9 Å². The molecule has 0 spiro atoms. The molecule has 1 fully saturated rings. The Morgan fingerprint density at radius 2 is 1.91 bits per heavy atom. The van der Waals surface area contributed by atoms with E-state index in [0.717, 1.165) is 56.1 Å². The van der Waals surface area contributed by atoms with Crippen molar-refractivity contribution >= 4 is 17.3 Å². The van der Waals surface area contributed by atoms with Gasteiger partial charge in [0.25, 0.3) is 0 Å². The maximum atomic E-state index is 11.4. The van der Waals surface area contributed by atoms with Gasteiger partial charge in [0.15, 0.2) is 0 Å². The van der Waals surface area contributed by atoms with E-state index in [1.54, 1.807) is 12.4 Å². The van der Waals surface area contributed by atoms with Crippen LogP contribution < -0.4 is 10.1 Å². The van der Waals surface area contributed by atoms with Gasteiger partial charge in [-0.05, 0) is 42.9 Å². The number of carboxylic acid groups (broad SMARTS) is 1. The molecule has 0 bridgehead atoms. The number of carboxylic acids is 1. The van der Waals surface area contributed by atoms with Crippen molar-refractivity contribution in [1.29, 1.82) is 0 Å². The number of nitrogens with one attached hydrogen (secondary N) is 1. The fourth-order valence-electron chi connectivity index (χ4n) is 4.24. The first-order chi connectivity index (χ1) is 15.5. The zero-order chi connectivity index (χ0) is 22.9. The molecular weight excluding hydrogens is 408 g/mol. The third-order valence-corrected chi connectivity index (χ3v) is 5.88. The predicted molar refractivity (Wildman–Crippen MR) is 124 cm³/mol. The smallest absolute Gasteiger partial charge is 0.316 e. The molecule has 1 aromatic carbocycles. The van der Waals surface area contributed by atoms with E-state index in [1.807, 2.05) is 13.8 Å². The molecule has 1 aliphatic rings. The lowest BCUT2D eigenvalue weighted by Crippen LogP contribution is -2.39. The molecule has 1 saturated heterocycles. The Morgan fingerprint density at radius 3 is 2.50 bits per heavy atom. The Labute approximate surface area is 190 Å². The Morgan fingerprint density at radius 1 is 1.19 bits per heavy atom. The molecule has 0 radical (unpaired) electrons. The zero-order valence-corrected chi connectivity index (χ0v) is 19.2. The Hall–Kier alpha value is -2.71. The Bertz CT molecular complexity index is 869. The average Bonchev–Trinajstić information content (AvgIpc) is 2.81. The molecule has 2 atom stereocenters. The predicted octanol–water partition coefficient (Wildman–Crippen LogP) is 4.37. The second kappa shape index (κ2) is 11.8. The molecule has 0 amide bonds. The minimum absolute atomic E-state index is 0.0397. The molecule has 2 aromatic rings. The number of benzene rings is 1. The van der Waals surface area contributed by atoms with Crippen LogP contribution in [0.4, 0.5) is 11.4 Å². The van der Waals surface area contributed by atoms with Gasteiger partial charge in [0.2, 0.25) is 0 Å². The molecule has 8 nitrogen and oxygen atoms in total. The number of nitrogens with zero attached hydrogens (tertiary/aromatic N) is 3. The summed E-state index contributed by atoms with van der Waals surface area (Å²) in [5.74, 6) is -0.822. The van der Waals surface area contributed by atoms with Crippen LogP contribution in [0.2, 0.25) is 0 Å². The van der Waals surface area contributed by atoms with Gasteiger partial charge in [-0.3, -0.25) is 9.69 Å². The van der Waals surface area contributed by atoms with E-state index in [9.17, 15) is 9.90 Å². The number of hydrogen-bond donors (Lipinski definition) is 2. The summed E-state index contributed by atoms with van der Waals surface area (Å²) in [7, 11) is 0. The fourth-order valence-corrected chi connectivity index (χ4v) is 4.24. The van der Waals surface area contributed by atoms with Gasteiger partial charge >= 0.3 is 12.0 Å². The summed E-state index contributed by atoms with van der Waals surface area (Å²) < 4.78 is 10.9. The molecule has 3 rings (SSSR count). The quantitative estimate of drug-likeness (QED) is 0.529. The van der Waals surface area contributed by atoms with Crippen LogP contribution in [0.1, 0.15) is 63.1 Å². The summed E-state index contributed by atoms with van der Waals surface area (Å²) >= 11 is 0. The van der Waals surface area contributed by atoms with Gasteiger partial charge in [-0.25, -0.2) is 9.97 Å². The topological polar surface area (TPSA) is 96.8 Å². The van der Waals surface area contributed by atoms with E-state index < -0.39 is 5.97 Å². The molecule has 1 aliphatic heterocycles. The highest BCUT2D eigenvalue weighted by Gasteiger charge is 2.25. The molecule has 1 aromatic heterocycles. The van der Waals surface area contributed by atoms with Gasteiger partial charge in [0.1, 0.15) is 0 Å². The minimum atomic E-state index is -0.782. The number of rotatable bonds is 11. The first-order valence-corrected chi connectivity index (χ1v) is 11.4. The van der Waals surface area contributed by atoms with Crippen molar-refractivity contribution in [2.24, 2.45) is 0 Å². The van der Waals surface area contributed by atoms with Crippen LogP contribution >= 0.6 is 0 Å². The van der Waals surface area contributed by atoms with Crippen molar-refractivity contribution in [3.63, 3.8) is 0 Å². The zero-order valence-electron chi connectivity index (χ0n) is 19.2. The maximum absolute atomic E-state index is 11.4. The standard InChI is InChI=1S/C24H34N4O4/c1-4-17(14-23(29)30)18-7-8-20(22(5-2)28-9-11-31-12-10-28)21(13-18)27-19-15-25-24(26-16-19)32-6-3/h7-8,13,15-17,22,27H,4-6,9-12,14H2,1-3H3,(H,29,30)/t17?,22-/m1/s1. The molecule has 2 heterocycles. The maximum Gasteiger partial charge on any atom is 0.316 e. The molecule has 2 N–H and O–H groups in total. The number of hydrogen-bond acceptors (Lipinski definition) is 7. The first-order valence-electron chi connectivity index (χ1n) is 11.4. The average molecular weight is 443 g/mol. The lowest BCUT2D eigenvalue weighted by Gasteiger charge is -2.35. The van der Waals surface area contributed by atoms with E-state index in [2.05, 4.69) is 45.3 Å². The van der Waals surface area contributed by atoms with E-state index in [4.69, 9.17) is 9.47 Å². The summed E-state index contributed by atoms with van der Waals surface area (Å²) in [4.78, 5) is 22.3. The van der Waals surface area contributed by atoms with Crippen LogP contribution in [0.3, 0.4) is 0 Å². The third kappa shape index (κ3) is 6.17. The van der Waals surface area contributed by atoms with Crippen molar-refractivity contribution in [1.82, 2.24) is 14.9 Å². The Balaban J connectivity index is 1.96. The molecule has 0 aliphatic carbocycles. The number of carbonyl (C=O) groups is 1. The van der Waals surface area contributed by atoms with Gasteiger partial charge in [0, 0.05) is 24.8 Å². The van der Waals surface area contributed by atoms with Crippen LogP contribution in [0.5, 0.6) is 6.01 Å². The van der Waals surface area contributed by atoms with E-state index in [1.165, 1.54) is 5.56 Å². The van der Waals surface area contributed by atoms with Gasteiger partial charge in [0.05, 0.1) is 44.3 Å². The Kier molecular flexibility index (Phi) is 8.81. The first kappa shape index (κ1) is 23.9. The largest absolute Gasteiger partial charge is 0.481 e. The minimum Gasteiger partial charge on any atom is -0.481 e. The number of aromatic nitrogens is 2. The molecule has 1 unspecified atom stereocenters.